The molecule has 0 aliphatic carbocycles. The van der Waals surface area contributed by atoms with Crippen LogP contribution in [0.4, 0.5) is 0 Å². The minimum Gasteiger partial charge on any atom is -0.502 e. The molecule has 1 aromatic carbocycles. The zero-order valence-corrected chi connectivity index (χ0v) is 13.9. The molecule has 1 aliphatic rings. The van der Waals surface area contributed by atoms with Crippen molar-refractivity contribution in [1.82, 2.24) is 0 Å². The number of methoxy groups -OCH3 is 2. The highest BCUT2D eigenvalue weighted by atomic mass is 16.6. The number of carbonyl (C=O) groups excluding carboxylic acids is 1. The van der Waals surface area contributed by atoms with E-state index in [2.05, 4.69) is 0 Å². The summed E-state index contributed by atoms with van der Waals surface area (Å²) in [5.41, 5.74) is -0.0550. The standard InChI is InChI=1S/C18H16O7/c1-4-5-12-16(20)15(19)11(8-24-12)17-14-10(18(21)25-17)6-9(22-2)7-13(14)23-3/h4-8,17,20H,1-3H3/b5-4+/t17-/m0/s1. The lowest BCUT2D eigenvalue weighted by Crippen LogP contribution is -2.15. The first-order chi connectivity index (χ1) is 12.0. The molecule has 7 nitrogen and oxygen atoms in total. The van der Waals surface area contributed by atoms with Crippen LogP contribution in [0.5, 0.6) is 17.2 Å². The molecule has 2 heterocycles. The molecular formula is C18H16O7. The monoisotopic (exact) mass is 344 g/mol. The summed E-state index contributed by atoms with van der Waals surface area (Å²) in [6, 6.07) is 3.10. The maximum atomic E-state index is 12.5. The van der Waals surface area contributed by atoms with Gasteiger partial charge >= 0.3 is 5.97 Å². The third-order valence-corrected chi connectivity index (χ3v) is 3.90. The fraction of sp³-hybridized carbons (Fsp3) is 0.222. The first-order valence-electron chi connectivity index (χ1n) is 7.46. The lowest BCUT2D eigenvalue weighted by molar-refractivity contribution is 0.0449. The molecule has 0 fully saturated rings. The Morgan fingerprint density at radius 2 is 1.96 bits per heavy atom. The Kier molecular flexibility index (Phi) is 4.22. The highest BCUT2D eigenvalue weighted by molar-refractivity contribution is 5.96. The number of fused-ring (bicyclic) bond motifs is 1. The van der Waals surface area contributed by atoms with E-state index in [1.807, 2.05) is 0 Å². The van der Waals surface area contributed by atoms with E-state index in [0.29, 0.717) is 17.1 Å². The maximum absolute atomic E-state index is 12.5. The van der Waals surface area contributed by atoms with Crippen LogP contribution in [0.15, 0.2) is 33.7 Å². The van der Waals surface area contributed by atoms with Gasteiger partial charge in [-0.2, -0.15) is 0 Å². The van der Waals surface area contributed by atoms with E-state index in [4.69, 9.17) is 18.6 Å². The molecule has 0 radical (unpaired) electrons. The fourth-order valence-corrected chi connectivity index (χ4v) is 2.71. The highest BCUT2D eigenvalue weighted by Gasteiger charge is 2.38. The van der Waals surface area contributed by atoms with E-state index in [1.165, 1.54) is 32.6 Å². The van der Waals surface area contributed by atoms with Gasteiger partial charge in [-0.3, -0.25) is 4.79 Å². The van der Waals surface area contributed by atoms with Crippen LogP contribution in [0, 0.1) is 0 Å². The molecule has 7 heteroatoms. The van der Waals surface area contributed by atoms with Gasteiger partial charge < -0.3 is 23.7 Å². The molecule has 1 aliphatic heterocycles. The Balaban J connectivity index is 2.19. The van der Waals surface area contributed by atoms with Gasteiger partial charge in [0.1, 0.15) is 17.8 Å². The van der Waals surface area contributed by atoms with E-state index in [1.54, 1.807) is 19.1 Å². The van der Waals surface area contributed by atoms with Crippen LogP contribution in [0.25, 0.3) is 6.08 Å². The van der Waals surface area contributed by atoms with E-state index in [-0.39, 0.29) is 16.9 Å². The Morgan fingerprint density at radius 1 is 1.20 bits per heavy atom. The van der Waals surface area contributed by atoms with Crippen LogP contribution in [-0.4, -0.2) is 25.3 Å². The summed E-state index contributed by atoms with van der Waals surface area (Å²) in [5.74, 6) is -0.378. The highest BCUT2D eigenvalue weighted by Crippen LogP contribution is 2.43. The second-order valence-electron chi connectivity index (χ2n) is 5.31. The van der Waals surface area contributed by atoms with E-state index in [0.717, 1.165) is 0 Å². The molecule has 25 heavy (non-hydrogen) atoms. The molecule has 1 aromatic heterocycles. The molecule has 2 aromatic rings. The van der Waals surface area contributed by atoms with Crippen molar-refractivity contribution in [3.05, 3.63) is 57.1 Å². The van der Waals surface area contributed by atoms with Gasteiger partial charge in [-0.1, -0.05) is 6.08 Å². The molecule has 0 amide bonds. The molecule has 1 N–H and O–H groups in total. The van der Waals surface area contributed by atoms with Crippen LogP contribution < -0.4 is 14.9 Å². The van der Waals surface area contributed by atoms with Crippen LogP contribution in [0.1, 0.15) is 40.3 Å². The number of carbonyl (C=O) groups is 1. The molecule has 0 bridgehead atoms. The number of cyclic esters (lactones) is 1. The molecule has 0 saturated carbocycles. The number of hydrogen-bond donors (Lipinski definition) is 1. The molecule has 3 rings (SSSR count). The van der Waals surface area contributed by atoms with Gasteiger partial charge in [0.2, 0.25) is 11.2 Å². The van der Waals surface area contributed by atoms with Crippen LogP contribution in [-0.2, 0) is 4.74 Å². The topological polar surface area (TPSA) is 95.2 Å². The smallest absolute Gasteiger partial charge is 0.339 e. The minimum atomic E-state index is -1.04. The maximum Gasteiger partial charge on any atom is 0.339 e. The van der Waals surface area contributed by atoms with E-state index in [9.17, 15) is 14.7 Å². The largest absolute Gasteiger partial charge is 0.502 e. The summed E-state index contributed by atoms with van der Waals surface area (Å²) in [5, 5.41) is 10.0. The number of ether oxygens (including phenoxy) is 3. The summed E-state index contributed by atoms with van der Waals surface area (Å²) in [6.45, 7) is 1.72. The number of allylic oxidation sites excluding steroid dienone is 1. The van der Waals surface area contributed by atoms with Crippen molar-refractivity contribution in [1.29, 1.82) is 0 Å². The van der Waals surface area contributed by atoms with Crippen LogP contribution in [0.2, 0.25) is 0 Å². The van der Waals surface area contributed by atoms with Gasteiger partial charge in [0.05, 0.1) is 30.9 Å². The Hall–Kier alpha value is -3.22. The molecule has 0 spiro atoms. The third kappa shape index (κ3) is 2.63. The summed E-state index contributed by atoms with van der Waals surface area (Å²) in [4.78, 5) is 24.7. The second-order valence-corrected chi connectivity index (χ2v) is 5.31. The van der Waals surface area contributed by atoms with Crippen molar-refractivity contribution < 1.29 is 28.5 Å². The van der Waals surface area contributed by atoms with Gasteiger partial charge in [0, 0.05) is 6.07 Å². The summed E-state index contributed by atoms with van der Waals surface area (Å²) in [7, 11) is 2.90. The molecule has 1 atom stereocenters. The third-order valence-electron chi connectivity index (χ3n) is 3.90. The van der Waals surface area contributed by atoms with Crippen molar-refractivity contribution in [2.75, 3.05) is 14.2 Å². The Morgan fingerprint density at radius 3 is 2.60 bits per heavy atom. The summed E-state index contributed by atoms with van der Waals surface area (Å²) in [6.07, 6.45) is 3.22. The number of benzene rings is 1. The Bertz CT molecular complexity index is 924. The van der Waals surface area contributed by atoms with Crippen LogP contribution in [0.3, 0.4) is 0 Å². The number of hydrogen-bond acceptors (Lipinski definition) is 7. The quantitative estimate of drug-likeness (QED) is 0.852. The molecular weight excluding hydrogens is 328 g/mol. The number of esters is 1. The normalized spacial score (nSPS) is 16.0. The molecule has 0 saturated heterocycles. The first kappa shape index (κ1) is 16.6. The first-order valence-corrected chi connectivity index (χ1v) is 7.46. The van der Waals surface area contributed by atoms with Crippen molar-refractivity contribution in [2.45, 2.75) is 13.0 Å². The predicted octanol–water partition coefficient (Wildman–Crippen LogP) is 2.66. The summed E-state index contributed by atoms with van der Waals surface area (Å²) >= 11 is 0. The zero-order chi connectivity index (χ0) is 18.1. The van der Waals surface area contributed by atoms with Gasteiger partial charge in [0.15, 0.2) is 11.9 Å². The fourth-order valence-electron chi connectivity index (χ4n) is 2.71. The second kappa shape index (κ2) is 6.35. The average Bonchev–Trinajstić information content (AvgIpc) is 2.95. The van der Waals surface area contributed by atoms with E-state index >= 15 is 0 Å². The van der Waals surface area contributed by atoms with Crippen molar-refractivity contribution in [2.24, 2.45) is 0 Å². The lowest BCUT2D eigenvalue weighted by Gasteiger charge is -2.14. The van der Waals surface area contributed by atoms with Crippen molar-refractivity contribution in [3.63, 3.8) is 0 Å². The van der Waals surface area contributed by atoms with E-state index < -0.39 is 23.3 Å². The van der Waals surface area contributed by atoms with Crippen molar-refractivity contribution in [3.8, 4) is 17.2 Å². The van der Waals surface area contributed by atoms with Gasteiger partial charge in [-0.05, 0) is 19.1 Å². The van der Waals surface area contributed by atoms with Gasteiger partial charge in [-0.25, -0.2) is 4.79 Å². The Labute approximate surface area is 143 Å². The molecule has 130 valence electrons. The van der Waals surface area contributed by atoms with Gasteiger partial charge in [-0.15, -0.1) is 0 Å². The molecule has 0 unspecified atom stereocenters. The SMILES string of the molecule is C/C=C/c1occ([C@@H]2OC(=O)c3cc(OC)cc(OC)c32)c(=O)c1O. The zero-order valence-electron chi connectivity index (χ0n) is 13.9. The van der Waals surface area contributed by atoms with Gasteiger partial charge in [0.25, 0.3) is 0 Å². The average molecular weight is 344 g/mol. The van der Waals surface area contributed by atoms with Crippen molar-refractivity contribution >= 4 is 12.0 Å². The summed E-state index contributed by atoms with van der Waals surface area (Å²) < 4.78 is 21.1. The predicted molar refractivity (Wildman–Crippen MR) is 88.2 cm³/mol. The van der Waals surface area contributed by atoms with Crippen LogP contribution >= 0.6 is 0 Å². The number of rotatable bonds is 4. The number of aromatic hydroxyl groups is 1. The minimum absolute atomic E-state index is 0.00122. The lowest BCUT2D eigenvalue weighted by atomic mass is 9.98.